The third-order valence-corrected chi connectivity index (χ3v) is 4.85. The van der Waals surface area contributed by atoms with Crippen LogP contribution in [-0.2, 0) is 28.7 Å². The zero-order chi connectivity index (χ0) is 21.8. The molecule has 0 saturated carbocycles. The number of nitrogens with zero attached hydrogens (tertiary/aromatic N) is 1. The molecule has 2 aliphatic heterocycles. The van der Waals surface area contributed by atoms with Crippen LogP contribution in [0.1, 0.15) is 59.3 Å². The average Bonchev–Trinajstić information content (AvgIpc) is 3.25. The quantitative estimate of drug-likeness (QED) is 0.475. The number of hydrogen-bond acceptors (Lipinski definition) is 6. The third kappa shape index (κ3) is 6.43. The summed E-state index contributed by atoms with van der Waals surface area (Å²) in [6.07, 6.45) is 1.61. The Balaban J connectivity index is 2.08. The molecular formula is C19H30N4O6. The maximum atomic E-state index is 13.0. The summed E-state index contributed by atoms with van der Waals surface area (Å²) < 4.78 is 5.26. The molecule has 0 aromatic heterocycles. The summed E-state index contributed by atoms with van der Waals surface area (Å²) in [6.45, 7) is 5.56. The summed E-state index contributed by atoms with van der Waals surface area (Å²) in [5.41, 5.74) is 4.73. The minimum Gasteiger partial charge on any atom is -0.460 e. The van der Waals surface area contributed by atoms with Crippen LogP contribution in [0.25, 0.3) is 0 Å². The molecule has 2 saturated heterocycles. The molecule has 10 nitrogen and oxygen atoms in total. The highest BCUT2D eigenvalue weighted by Gasteiger charge is 2.38. The monoisotopic (exact) mass is 410 g/mol. The Morgan fingerprint density at radius 3 is 2.52 bits per heavy atom. The number of ether oxygens (including phenoxy) is 1. The van der Waals surface area contributed by atoms with E-state index >= 15 is 0 Å². The van der Waals surface area contributed by atoms with E-state index in [1.165, 1.54) is 4.90 Å². The van der Waals surface area contributed by atoms with Gasteiger partial charge in [-0.3, -0.25) is 24.0 Å². The fourth-order valence-electron chi connectivity index (χ4n) is 3.52. The van der Waals surface area contributed by atoms with Crippen molar-refractivity contribution in [2.24, 2.45) is 5.73 Å². The summed E-state index contributed by atoms with van der Waals surface area (Å²) in [5.74, 6) is -2.28. The third-order valence-electron chi connectivity index (χ3n) is 4.85. The van der Waals surface area contributed by atoms with Crippen molar-refractivity contribution in [2.45, 2.75) is 83.0 Å². The lowest BCUT2D eigenvalue weighted by atomic mass is 10.1. The molecule has 0 aliphatic carbocycles. The van der Waals surface area contributed by atoms with Gasteiger partial charge in [0.1, 0.15) is 23.7 Å². The minimum absolute atomic E-state index is 0.0160. The fourth-order valence-corrected chi connectivity index (χ4v) is 3.52. The first kappa shape index (κ1) is 22.6. The van der Waals surface area contributed by atoms with Gasteiger partial charge in [-0.25, -0.2) is 0 Å². The maximum Gasteiger partial charge on any atom is 0.306 e. The van der Waals surface area contributed by atoms with Crippen LogP contribution < -0.4 is 16.4 Å². The predicted molar refractivity (Wildman–Crippen MR) is 102 cm³/mol. The first-order chi connectivity index (χ1) is 13.5. The molecule has 0 aromatic rings. The van der Waals surface area contributed by atoms with Gasteiger partial charge in [0, 0.05) is 19.4 Å². The SMILES string of the molecule is CC(C)(C)OC(=O)CC[C@H](NC(=O)[C@@H]1CCC(=O)N1)C(=O)N1CCC[C@H]1C(N)=O. The van der Waals surface area contributed by atoms with E-state index in [4.69, 9.17) is 10.5 Å². The summed E-state index contributed by atoms with van der Waals surface area (Å²) in [6, 6.07) is -2.47. The Kier molecular flexibility index (Phi) is 7.21. The molecule has 2 aliphatic rings. The van der Waals surface area contributed by atoms with E-state index in [0.717, 1.165) is 0 Å². The molecule has 0 spiro atoms. The lowest BCUT2D eigenvalue weighted by molar-refractivity contribution is -0.155. The Labute approximate surface area is 169 Å². The maximum absolute atomic E-state index is 13.0. The molecule has 2 heterocycles. The Hall–Kier alpha value is -2.65. The van der Waals surface area contributed by atoms with E-state index in [1.54, 1.807) is 20.8 Å². The molecular weight excluding hydrogens is 380 g/mol. The highest BCUT2D eigenvalue weighted by Crippen LogP contribution is 2.20. The molecule has 4 N–H and O–H groups in total. The van der Waals surface area contributed by atoms with E-state index in [0.29, 0.717) is 25.8 Å². The number of esters is 1. The van der Waals surface area contributed by atoms with Crippen molar-refractivity contribution in [2.75, 3.05) is 6.54 Å². The van der Waals surface area contributed by atoms with E-state index in [9.17, 15) is 24.0 Å². The molecule has 10 heteroatoms. The van der Waals surface area contributed by atoms with E-state index in [2.05, 4.69) is 10.6 Å². The predicted octanol–water partition coefficient (Wildman–Crippen LogP) is -0.652. The van der Waals surface area contributed by atoms with Crippen LogP contribution in [0.2, 0.25) is 0 Å². The Bertz CT molecular complexity index is 687. The van der Waals surface area contributed by atoms with Crippen LogP contribution in [0.5, 0.6) is 0 Å². The van der Waals surface area contributed by atoms with Gasteiger partial charge in [-0.05, 0) is 46.5 Å². The van der Waals surface area contributed by atoms with Gasteiger partial charge < -0.3 is 26.0 Å². The van der Waals surface area contributed by atoms with Gasteiger partial charge in [0.25, 0.3) is 0 Å². The van der Waals surface area contributed by atoms with Crippen molar-refractivity contribution in [3.8, 4) is 0 Å². The summed E-state index contributed by atoms with van der Waals surface area (Å²) >= 11 is 0. The molecule has 162 valence electrons. The molecule has 0 radical (unpaired) electrons. The van der Waals surface area contributed by atoms with Crippen LogP contribution in [0.15, 0.2) is 0 Å². The summed E-state index contributed by atoms with van der Waals surface area (Å²) in [7, 11) is 0. The number of rotatable bonds is 7. The largest absolute Gasteiger partial charge is 0.460 e. The number of likely N-dealkylation sites (tertiary alicyclic amines) is 1. The lowest BCUT2D eigenvalue weighted by Gasteiger charge is -2.28. The number of carbonyl (C=O) groups excluding carboxylic acids is 5. The Morgan fingerprint density at radius 2 is 1.97 bits per heavy atom. The van der Waals surface area contributed by atoms with Gasteiger partial charge >= 0.3 is 5.97 Å². The van der Waals surface area contributed by atoms with Crippen LogP contribution in [0.4, 0.5) is 0 Å². The van der Waals surface area contributed by atoms with Crippen LogP contribution in [-0.4, -0.2) is 64.8 Å². The molecule has 0 bridgehead atoms. The molecule has 3 atom stereocenters. The van der Waals surface area contributed by atoms with Crippen LogP contribution in [0, 0.1) is 0 Å². The van der Waals surface area contributed by atoms with Crippen molar-refractivity contribution >= 4 is 29.6 Å². The van der Waals surface area contributed by atoms with Crippen LogP contribution >= 0.6 is 0 Å². The molecule has 4 amide bonds. The van der Waals surface area contributed by atoms with E-state index in [-0.39, 0.29) is 25.2 Å². The van der Waals surface area contributed by atoms with E-state index < -0.39 is 47.4 Å². The van der Waals surface area contributed by atoms with Gasteiger partial charge in [0.15, 0.2) is 0 Å². The number of nitrogens with two attached hydrogens (primary N) is 1. The lowest BCUT2D eigenvalue weighted by Crippen LogP contribution is -2.55. The molecule has 29 heavy (non-hydrogen) atoms. The highest BCUT2D eigenvalue weighted by molar-refractivity contribution is 5.95. The first-order valence-corrected chi connectivity index (χ1v) is 9.89. The molecule has 2 rings (SSSR count). The number of nitrogens with one attached hydrogen (secondary N) is 2. The molecule has 2 fully saturated rings. The van der Waals surface area contributed by atoms with Gasteiger partial charge in [-0.15, -0.1) is 0 Å². The first-order valence-electron chi connectivity index (χ1n) is 9.89. The van der Waals surface area contributed by atoms with Gasteiger partial charge in [0.2, 0.25) is 23.6 Å². The minimum atomic E-state index is -1.02. The van der Waals surface area contributed by atoms with Crippen molar-refractivity contribution < 1.29 is 28.7 Å². The average molecular weight is 410 g/mol. The fraction of sp³-hybridized carbons (Fsp3) is 0.737. The van der Waals surface area contributed by atoms with Crippen LogP contribution in [0.3, 0.4) is 0 Å². The van der Waals surface area contributed by atoms with Crippen molar-refractivity contribution in [3.05, 3.63) is 0 Å². The zero-order valence-electron chi connectivity index (χ0n) is 17.2. The van der Waals surface area contributed by atoms with Gasteiger partial charge in [-0.1, -0.05) is 0 Å². The second-order valence-corrected chi connectivity index (χ2v) is 8.44. The van der Waals surface area contributed by atoms with Gasteiger partial charge in [-0.2, -0.15) is 0 Å². The standard InChI is InChI=1S/C19H30N4O6/c1-19(2,3)29-15(25)9-7-12(22-17(27)11-6-8-14(24)21-11)18(28)23-10-4-5-13(23)16(20)26/h11-13H,4-10H2,1-3H3,(H2,20,26)(H,21,24)(H,22,27)/t11-,12-,13-/m0/s1. The smallest absolute Gasteiger partial charge is 0.306 e. The highest BCUT2D eigenvalue weighted by atomic mass is 16.6. The number of amides is 4. The Morgan fingerprint density at radius 1 is 1.28 bits per heavy atom. The second-order valence-electron chi connectivity index (χ2n) is 8.44. The summed E-state index contributed by atoms with van der Waals surface area (Å²) in [4.78, 5) is 62.0. The number of hydrogen-bond donors (Lipinski definition) is 3. The van der Waals surface area contributed by atoms with Crippen molar-refractivity contribution in [1.29, 1.82) is 0 Å². The topological polar surface area (TPSA) is 148 Å². The summed E-state index contributed by atoms with van der Waals surface area (Å²) in [5, 5.41) is 5.18. The number of primary amides is 1. The van der Waals surface area contributed by atoms with E-state index in [1.807, 2.05) is 0 Å². The molecule has 0 unspecified atom stereocenters. The zero-order valence-corrected chi connectivity index (χ0v) is 17.2. The van der Waals surface area contributed by atoms with Crippen molar-refractivity contribution in [1.82, 2.24) is 15.5 Å². The van der Waals surface area contributed by atoms with Crippen molar-refractivity contribution in [3.63, 3.8) is 0 Å². The second kappa shape index (κ2) is 9.23. The molecule has 0 aromatic carbocycles. The van der Waals surface area contributed by atoms with Gasteiger partial charge in [0.05, 0.1) is 0 Å². The normalized spacial score (nSPS) is 22.7. The number of carbonyl (C=O) groups is 5.